The van der Waals surface area contributed by atoms with E-state index in [0.717, 1.165) is 18.2 Å². The highest BCUT2D eigenvalue weighted by molar-refractivity contribution is 5.81. The van der Waals surface area contributed by atoms with Crippen molar-refractivity contribution in [1.29, 1.82) is 0 Å². The van der Waals surface area contributed by atoms with Crippen LogP contribution in [0.4, 0.5) is 8.78 Å². The van der Waals surface area contributed by atoms with E-state index in [9.17, 15) is 13.6 Å². The lowest BCUT2D eigenvalue weighted by molar-refractivity contribution is -0.139. The first-order valence-corrected chi connectivity index (χ1v) is 5.97. The summed E-state index contributed by atoms with van der Waals surface area (Å²) in [6.07, 6.45) is 0.696. The first kappa shape index (κ1) is 14.6. The van der Waals surface area contributed by atoms with Gasteiger partial charge < -0.3 is 4.90 Å². The lowest BCUT2D eigenvalue weighted by Crippen LogP contribution is -2.37. The average molecular weight is 255 g/mol. The van der Waals surface area contributed by atoms with Crippen LogP contribution in [0.1, 0.15) is 32.8 Å². The van der Waals surface area contributed by atoms with Gasteiger partial charge in [0.05, 0.1) is 0 Å². The summed E-state index contributed by atoms with van der Waals surface area (Å²) in [5, 5.41) is 0. The number of hydrogen-bond donors (Lipinski definition) is 0. The molecule has 100 valence electrons. The van der Waals surface area contributed by atoms with Crippen LogP contribution < -0.4 is 0 Å². The fourth-order valence-corrected chi connectivity index (χ4v) is 1.66. The minimum Gasteiger partial charge on any atom is -0.341 e. The molecule has 0 bridgehead atoms. The molecule has 0 unspecified atom stereocenters. The highest BCUT2D eigenvalue weighted by Crippen LogP contribution is 2.23. The molecule has 0 saturated heterocycles. The average Bonchev–Trinajstić information content (AvgIpc) is 2.32. The Morgan fingerprint density at radius 1 is 1.33 bits per heavy atom. The van der Waals surface area contributed by atoms with Crippen LogP contribution in [0, 0.1) is 17.0 Å². The zero-order valence-electron chi connectivity index (χ0n) is 11.3. The first-order chi connectivity index (χ1) is 8.27. The Hall–Kier alpha value is -1.45. The zero-order chi connectivity index (χ0) is 13.9. The van der Waals surface area contributed by atoms with Crippen molar-refractivity contribution in [3.8, 4) is 0 Å². The fraction of sp³-hybridized carbons (Fsp3) is 0.500. The van der Waals surface area contributed by atoms with Gasteiger partial charge >= 0.3 is 0 Å². The predicted molar refractivity (Wildman–Crippen MR) is 66.9 cm³/mol. The molecule has 0 spiro atoms. The van der Waals surface area contributed by atoms with Crippen LogP contribution in [0.2, 0.25) is 0 Å². The third-order valence-corrected chi connectivity index (χ3v) is 3.22. The normalized spacial score (nSPS) is 11.4. The van der Waals surface area contributed by atoms with Crippen molar-refractivity contribution in [2.24, 2.45) is 5.41 Å². The van der Waals surface area contributed by atoms with E-state index in [0.29, 0.717) is 6.42 Å². The minimum atomic E-state index is -0.498. The van der Waals surface area contributed by atoms with Crippen molar-refractivity contribution in [3.63, 3.8) is 0 Å². The van der Waals surface area contributed by atoms with E-state index in [1.54, 1.807) is 7.05 Å². The Labute approximate surface area is 107 Å². The first-order valence-electron chi connectivity index (χ1n) is 5.97. The topological polar surface area (TPSA) is 20.3 Å². The fourth-order valence-electron chi connectivity index (χ4n) is 1.66. The van der Waals surface area contributed by atoms with Gasteiger partial charge in [-0.15, -0.1) is 0 Å². The van der Waals surface area contributed by atoms with Gasteiger partial charge in [-0.2, -0.15) is 0 Å². The molecule has 0 fully saturated rings. The van der Waals surface area contributed by atoms with Crippen LogP contribution in [0.25, 0.3) is 0 Å². The maximum atomic E-state index is 13.5. The molecule has 0 aliphatic heterocycles. The molecular formula is C14H19F2NO. The lowest BCUT2D eigenvalue weighted by Gasteiger charge is -2.28. The summed E-state index contributed by atoms with van der Waals surface area (Å²) in [6, 6.07) is 3.27. The van der Waals surface area contributed by atoms with E-state index < -0.39 is 17.0 Å². The third kappa shape index (κ3) is 3.28. The quantitative estimate of drug-likeness (QED) is 0.808. The number of hydrogen-bond acceptors (Lipinski definition) is 1. The SMILES string of the molecule is CCC(C)(C)C(=O)N(C)Cc1cc(F)ccc1F. The standard InChI is InChI=1S/C14H19F2NO/c1-5-14(2,3)13(18)17(4)9-10-8-11(15)6-7-12(10)16/h6-8H,5,9H2,1-4H3. The Morgan fingerprint density at radius 3 is 2.50 bits per heavy atom. The molecule has 4 heteroatoms. The van der Waals surface area contributed by atoms with Gasteiger partial charge in [0.2, 0.25) is 5.91 Å². The van der Waals surface area contributed by atoms with Crippen LogP contribution in [-0.4, -0.2) is 17.9 Å². The van der Waals surface area contributed by atoms with Gasteiger partial charge in [-0.25, -0.2) is 8.78 Å². The van der Waals surface area contributed by atoms with Gasteiger partial charge in [-0.05, 0) is 24.6 Å². The van der Waals surface area contributed by atoms with Crippen molar-refractivity contribution in [2.45, 2.75) is 33.7 Å². The summed E-state index contributed by atoms with van der Waals surface area (Å²) >= 11 is 0. The zero-order valence-corrected chi connectivity index (χ0v) is 11.3. The molecule has 1 rings (SSSR count). The Balaban J connectivity index is 2.85. The lowest BCUT2D eigenvalue weighted by atomic mass is 9.88. The Kier molecular flexibility index (Phi) is 4.43. The van der Waals surface area contributed by atoms with E-state index in [1.165, 1.54) is 4.90 Å². The van der Waals surface area contributed by atoms with Crippen molar-refractivity contribution in [3.05, 3.63) is 35.4 Å². The summed E-state index contributed by atoms with van der Waals surface area (Å²) in [5.74, 6) is -1.07. The molecule has 2 nitrogen and oxygen atoms in total. The Morgan fingerprint density at radius 2 is 1.94 bits per heavy atom. The van der Waals surface area contributed by atoms with E-state index in [1.807, 2.05) is 20.8 Å². The largest absolute Gasteiger partial charge is 0.341 e. The number of nitrogens with zero attached hydrogens (tertiary/aromatic N) is 1. The smallest absolute Gasteiger partial charge is 0.228 e. The van der Waals surface area contributed by atoms with Crippen LogP contribution in [-0.2, 0) is 11.3 Å². The number of amides is 1. The predicted octanol–water partition coefficient (Wildman–Crippen LogP) is 3.36. The van der Waals surface area contributed by atoms with Crippen molar-refractivity contribution >= 4 is 5.91 Å². The summed E-state index contributed by atoms with van der Waals surface area (Å²) in [6.45, 7) is 5.68. The van der Waals surface area contributed by atoms with Gasteiger partial charge in [0.25, 0.3) is 0 Å². The molecule has 1 aromatic rings. The summed E-state index contributed by atoms with van der Waals surface area (Å²) in [5.41, 5.74) is -0.295. The highest BCUT2D eigenvalue weighted by atomic mass is 19.1. The Bertz CT molecular complexity index is 443. The molecule has 18 heavy (non-hydrogen) atoms. The molecule has 0 radical (unpaired) electrons. The number of carbonyl (C=O) groups is 1. The molecular weight excluding hydrogens is 236 g/mol. The summed E-state index contributed by atoms with van der Waals surface area (Å²) in [7, 11) is 1.60. The maximum absolute atomic E-state index is 13.5. The molecule has 1 amide bonds. The van der Waals surface area contributed by atoms with E-state index >= 15 is 0 Å². The third-order valence-electron chi connectivity index (χ3n) is 3.22. The van der Waals surface area contributed by atoms with Crippen LogP contribution in [0.5, 0.6) is 0 Å². The number of carbonyl (C=O) groups excluding carboxylic acids is 1. The maximum Gasteiger partial charge on any atom is 0.228 e. The van der Waals surface area contributed by atoms with Gasteiger partial charge in [0.15, 0.2) is 0 Å². The molecule has 0 aliphatic carbocycles. The van der Waals surface area contributed by atoms with Gasteiger partial charge in [0.1, 0.15) is 11.6 Å². The van der Waals surface area contributed by atoms with Crippen LogP contribution >= 0.6 is 0 Å². The monoisotopic (exact) mass is 255 g/mol. The van der Waals surface area contributed by atoms with Crippen molar-refractivity contribution in [1.82, 2.24) is 4.90 Å². The van der Waals surface area contributed by atoms with E-state index in [4.69, 9.17) is 0 Å². The minimum absolute atomic E-state index is 0.0753. The number of halogens is 2. The molecule has 0 aliphatic rings. The summed E-state index contributed by atoms with van der Waals surface area (Å²) < 4.78 is 26.5. The highest BCUT2D eigenvalue weighted by Gasteiger charge is 2.28. The van der Waals surface area contributed by atoms with Crippen LogP contribution in [0.15, 0.2) is 18.2 Å². The van der Waals surface area contributed by atoms with E-state index in [-0.39, 0.29) is 18.0 Å². The second-order valence-corrected chi connectivity index (χ2v) is 5.13. The molecule has 1 aromatic carbocycles. The van der Waals surface area contributed by atoms with E-state index in [2.05, 4.69) is 0 Å². The molecule has 0 heterocycles. The molecule has 0 N–H and O–H groups in total. The number of rotatable bonds is 4. The van der Waals surface area contributed by atoms with Gasteiger partial charge in [-0.3, -0.25) is 4.79 Å². The van der Waals surface area contributed by atoms with Gasteiger partial charge in [0, 0.05) is 24.6 Å². The molecule has 0 atom stereocenters. The van der Waals surface area contributed by atoms with Crippen molar-refractivity contribution < 1.29 is 13.6 Å². The number of benzene rings is 1. The molecule has 0 saturated carbocycles. The molecule has 0 aromatic heterocycles. The van der Waals surface area contributed by atoms with Crippen LogP contribution in [0.3, 0.4) is 0 Å². The van der Waals surface area contributed by atoms with Gasteiger partial charge in [-0.1, -0.05) is 20.8 Å². The second-order valence-electron chi connectivity index (χ2n) is 5.13. The summed E-state index contributed by atoms with van der Waals surface area (Å²) in [4.78, 5) is 13.5. The van der Waals surface area contributed by atoms with Crippen molar-refractivity contribution in [2.75, 3.05) is 7.05 Å². The second kappa shape index (κ2) is 5.46.